The van der Waals surface area contributed by atoms with Crippen LogP contribution in [0.3, 0.4) is 0 Å². The molecular formula is C31H24Cl3NO7. The summed E-state index contributed by atoms with van der Waals surface area (Å²) in [5, 5.41) is 35.5. The lowest BCUT2D eigenvalue weighted by molar-refractivity contribution is -0.0549. The highest BCUT2D eigenvalue weighted by molar-refractivity contribution is 6.39. The van der Waals surface area contributed by atoms with Crippen molar-refractivity contribution >= 4 is 46.7 Å². The Morgan fingerprint density at radius 2 is 1.60 bits per heavy atom. The van der Waals surface area contributed by atoms with E-state index in [0.29, 0.717) is 56.0 Å². The van der Waals surface area contributed by atoms with Crippen molar-refractivity contribution < 1.29 is 34.2 Å². The van der Waals surface area contributed by atoms with E-state index in [9.17, 15) is 24.9 Å². The lowest BCUT2D eigenvalue weighted by atomic mass is 9.64. The molecule has 216 valence electrons. The van der Waals surface area contributed by atoms with E-state index in [1.807, 2.05) is 0 Å². The highest BCUT2D eigenvalue weighted by Gasteiger charge is 2.46. The average Bonchev–Trinajstić information content (AvgIpc) is 3.69. The van der Waals surface area contributed by atoms with Gasteiger partial charge in [-0.3, -0.25) is 0 Å². The number of aliphatic hydroxyl groups is 1. The van der Waals surface area contributed by atoms with Gasteiger partial charge in [0.2, 0.25) is 0 Å². The van der Waals surface area contributed by atoms with Gasteiger partial charge >= 0.3 is 11.9 Å². The summed E-state index contributed by atoms with van der Waals surface area (Å²) in [5.74, 6) is -1.29. The Labute approximate surface area is 255 Å². The molecule has 8 nitrogen and oxygen atoms in total. The first-order valence-electron chi connectivity index (χ1n) is 13.2. The van der Waals surface area contributed by atoms with Gasteiger partial charge in [0.05, 0.1) is 37.4 Å². The van der Waals surface area contributed by atoms with Gasteiger partial charge in [-0.2, -0.15) is 0 Å². The Morgan fingerprint density at radius 1 is 0.905 bits per heavy atom. The lowest BCUT2D eigenvalue weighted by Gasteiger charge is -2.45. The quantitative estimate of drug-likeness (QED) is 0.170. The van der Waals surface area contributed by atoms with Crippen molar-refractivity contribution in [2.45, 2.75) is 49.7 Å². The predicted octanol–water partition coefficient (Wildman–Crippen LogP) is 7.92. The monoisotopic (exact) mass is 627 g/mol. The molecule has 2 fully saturated rings. The highest BCUT2D eigenvalue weighted by atomic mass is 35.5. The number of carboxylic acid groups (broad SMARTS) is 2. The van der Waals surface area contributed by atoms with Crippen molar-refractivity contribution in [2.24, 2.45) is 0 Å². The van der Waals surface area contributed by atoms with Gasteiger partial charge in [0.1, 0.15) is 23.8 Å². The first-order chi connectivity index (χ1) is 20.1. The normalized spacial score (nSPS) is 19.8. The van der Waals surface area contributed by atoms with E-state index in [0.717, 1.165) is 24.2 Å². The van der Waals surface area contributed by atoms with Gasteiger partial charge in [0, 0.05) is 17.0 Å². The molecule has 0 amide bonds. The van der Waals surface area contributed by atoms with Crippen LogP contribution in [0, 0.1) is 0 Å². The second-order valence-corrected chi connectivity index (χ2v) is 11.9. The standard InChI is InChI=1S/C31H24Cl3NO7/c32-23-2-1-3-24(33)26(23)27-21(28(42-35-27)15-4-5-15)14-41-18-7-9-22(25(34)11-18)31(40)12-17(13-31)16-6-8-19(29(36)37)20(10-16)30(38)39/h1-3,6-11,15,17,40H,4-5,12-14H2,(H,36,37)(H,38,39). The third-order valence-electron chi connectivity index (χ3n) is 7.94. The molecular weight excluding hydrogens is 605 g/mol. The van der Waals surface area contributed by atoms with Gasteiger partial charge in [-0.05, 0) is 73.6 Å². The van der Waals surface area contributed by atoms with Gasteiger partial charge in [-0.1, -0.05) is 58.2 Å². The molecule has 2 aliphatic carbocycles. The summed E-state index contributed by atoms with van der Waals surface area (Å²) in [6.07, 6.45) is 2.59. The van der Waals surface area contributed by atoms with E-state index in [-0.39, 0.29) is 29.6 Å². The highest BCUT2D eigenvalue weighted by Crippen LogP contribution is 2.53. The van der Waals surface area contributed by atoms with Crippen molar-refractivity contribution in [1.82, 2.24) is 5.16 Å². The van der Waals surface area contributed by atoms with Crippen molar-refractivity contribution in [2.75, 3.05) is 0 Å². The summed E-state index contributed by atoms with van der Waals surface area (Å²) < 4.78 is 11.8. The molecule has 0 radical (unpaired) electrons. The Bertz CT molecular complexity index is 1700. The number of rotatable bonds is 9. The third-order valence-corrected chi connectivity index (χ3v) is 8.88. The van der Waals surface area contributed by atoms with Gasteiger partial charge < -0.3 is 24.6 Å². The largest absolute Gasteiger partial charge is 0.489 e. The lowest BCUT2D eigenvalue weighted by Crippen LogP contribution is -2.40. The summed E-state index contributed by atoms with van der Waals surface area (Å²) in [6.45, 7) is 0.145. The number of carboxylic acids is 2. The summed E-state index contributed by atoms with van der Waals surface area (Å²) in [7, 11) is 0. The Morgan fingerprint density at radius 3 is 2.21 bits per heavy atom. The van der Waals surface area contributed by atoms with Crippen LogP contribution in [0.15, 0.2) is 59.1 Å². The number of aromatic carboxylic acids is 2. The SMILES string of the molecule is O=C(O)c1ccc(C2CC(O)(c3ccc(OCc4c(-c5c(Cl)cccc5Cl)noc4C4CC4)cc3Cl)C2)cc1C(=O)O. The topological polar surface area (TPSA) is 130 Å². The number of aromatic nitrogens is 1. The molecule has 1 aromatic heterocycles. The second-order valence-electron chi connectivity index (χ2n) is 10.7. The van der Waals surface area contributed by atoms with E-state index in [4.69, 9.17) is 44.1 Å². The van der Waals surface area contributed by atoms with Gasteiger partial charge in [-0.15, -0.1) is 0 Å². The molecule has 0 unspecified atom stereocenters. The van der Waals surface area contributed by atoms with Crippen LogP contribution < -0.4 is 4.74 Å². The minimum absolute atomic E-state index is 0.145. The number of benzene rings is 3. The van der Waals surface area contributed by atoms with Gasteiger partial charge in [0.25, 0.3) is 0 Å². The van der Waals surface area contributed by atoms with E-state index in [2.05, 4.69) is 5.16 Å². The molecule has 3 aromatic carbocycles. The Hall–Kier alpha value is -3.56. The van der Waals surface area contributed by atoms with E-state index in [1.54, 1.807) is 42.5 Å². The fourth-order valence-corrected chi connectivity index (χ4v) is 6.48. The first kappa shape index (κ1) is 28.6. The van der Waals surface area contributed by atoms with E-state index < -0.39 is 17.5 Å². The molecule has 6 rings (SSSR count). The summed E-state index contributed by atoms with van der Waals surface area (Å²) in [4.78, 5) is 22.9. The summed E-state index contributed by atoms with van der Waals surface area (Å²) in [6, 6.07) is 14.5. The fraction of sp³-hybridized carbons (Fsp3) is 0.258. The number of halogens is 3. The van der Waals surface area contributed by atoms with E-state index in [1.165, 1.54) is 12.1 Å². The molecule has 4 aromatic rings. The molecule has 0 spiro atoms. The van der Waals surface area contributed by atoms with Gasteiger partial charge in [-0.25, -0.2) is 9.59 Å². The van der Waals surface area contributed by atoms with Crippen LogP contribution in [-0.4, -0.2) is 32.4 Å². The molecule has 0 bridgehead atoms. The first-order valence-corrected chi connectivity index (χ1v) is 14.4. The molecule has 0 aliphatic heterocycles. The molecule has 0 atom stereocenters. The number of hydrogen-bond donors (Lipinski definition) is 3. The minimum atomic E-state index is -1.32. The van der Waals surface area contributed by atoms with Crippen LogP contribution in [0.25, 0.3) is 11.3 Å². The molecule has 0 saturated heterocycles. The zero-order valence-corrected chi connectivity index (χ0v) is 24.2. The maximum Gasteiger partial charge on any atom is 0.336 e. The second kappa shape index (κ2) is 10.9. The van der Waals surface area contributed by atoms with Crippen molar-refractivity contribution in [1.29, 1.82) is 0 Å². The van der Waals surface area contributed by atoms with Crippen molar-refractivity contribution in [3.05, 3.63) is 103 Å². The molecule has 42 heavy (non-hydrogen) atoms. The van der Waals surface area contributed by atoms with Gasteiger partial charge in [0.15, 0.2) is 0 Å². The predicted molar refractivity (Wildman–Crippen MR) is 156 cm³/mol. The number of nitrogens with zero attached hydrogens (tertiary/aromatic N) is 1. The zero-order chi connectivity index (χ0) is 29.8. The molecule has 3 N–H and O–H groups in total. The maximum absolute atomic E-state index is 11.6. The number of ether oxygens (including phenoxy) is 1. The van der Waals surface area contributed by atoms with Crippen molar-refractivity contribution in [3.8, 4) is 17.0 Å². The number of carbonyl (C=O) groups is 2. The summed E-state index contributed by atoms with van der Waals surface area (Å²) in [5.41, 5.74) is 1.27. The van der Waals surface area contributed by atoms with Crippen LogP contribution in [0.4, 0.5) is 0 Å². The van der Waals surface area contributed by atoms with Crippen LogP contribution in [0.1, 0.15) is 80.7 Å². The molecule has 2 saturated carbocycles. The smallest absolute Gasteiger partial charge is 0.336 e. The van der Waals surface area contributed by atoms with Crippen LogP contribution >= 0.6 is 34.8 Å². The average molecular weight is 629 g/mol. The Balaban J connectivity index is 1.19. The maximum atomic E-state index is 11.6. The third kappa shape index (κ3) is 5.24. The van der Waals surface area contributed by atoms with Crippen LogP contribution in [0.5, 0.6) is 5.75 Å². The Kier molecular flexibility index (Phi) is 7.43. The number of hydrogen-bond acceptors (Lipinski definition) is 6. The molecule has 1 heterocycles. The van der Waals surface area contributed by atoms with Crippen molar-refractivity contribution in [3.63, 3.8) is 0 Å². The fourth-order valence-electron chi connectivity index (χ4n) is 5.56. The molecule has 11 heteroatoms. The minimum Gasteiger partial charge on any atom is -0.489 e. The molecule has 2 aliphatic rings. The van der Waals surface area contributed by atoms with Crippen LogP contribution in [0.2, 0.25) is 15.1 Å². The van der Waals surface area contributed by atoms with E-state index >= 15 is 0 Å². The summed E-state index contributed by atoms with van der Waals surface area (Å²) >= 11 is 19.5. The van der Waals surface area contributed by atoms with Crippen LogP contribution in [-0.2, 0) is 12.2 Å². The zero-order valence-electron chi connectivity index (χ0n) is 21.9.